The lowest BCUT2D eigenvalue weighted by molar-refractivity contribution is 0.439. The van der Waals surface area contributed by atoms with E-state index in [2.05, 4.69) is 200 Å². The number of hydrogen-bond acceptors (Lipinski definition) is 4. The lowest BCUT2D eigenvalue weighted by atomic mass is 9.58. The SMILES string of the molecule is C1=Cc2c(-c3cccc4c3oc3ccccc34)cc(-c3cccc4c3oc3ccccc34)c3c2C2C1=C(c1cccc4c1oc1ccccc14)CC(c1cccc4c1oc1ccccc14)C2C=C3. The summed E-state index contributed by atoms with van der Waals surface area (Å²) in [7, 11) is 0. The van der Waals surface area contributed by atoms with E-state index in [0.29, 0.717) is 0 Å². The number of hydrogen-bond donors (Lipinski definition) is 0. The van der Waals surface area contributed by atoms with Crippen LogP contribution < -0.4 is 0 Å². The molecule has 0 fully saturated rings. The monoisotopic (exact) mass is 870 g/mol. The van der Waals surface area contributed by atoms with Gasteiger partial charge in [-0.15, -0.1) is 0 Å². The lowest BCUT2D eigenvalue weighted by Crippen LogP contribution is -2.30. The molecule has 0 bridgehead atoms. The smallest absolute Gasteiger partial charge is 0.143 e. The first-order valence-corrected chi connectivity index (χ1v) is 23.7. The molecule has 3 atom stereocenters. The second-order valence-corrected chi connectivity index (χ2v) is 18.9. The third-order valence-electron chi connectivity index (χ3n) is 15.6. The number of fused-ring (bicyclic) bond motifs is 12. The van der Waals surface area contributed by atoms with Gasteiger partial charge in [0.15, 0.2) is 0 Å². The minimum Gasteiger partial charge on any atom is -0.456 e. The van der Waals surface area contributed by atoms with Crippen LogP contribution in [0.25, 0.3) is 128 Å². The number of benzene rings is 9. The fourth-order valence-electron chi connectivity index (χ4n) is 12.7. The average molecular weight is 871 g/mol. The molecule has 0 amide bonds. The van der Waals surface area contributed by atoms with Crippen LogP contribution in [-0.2, 0) is 0 Å². The highest BCUT2D eigenvalue weighted by atomic mass is 16.3. The van der Waals surface area contributed by atoms with Crippen molar-refractivity contribution < 1.29 is 17.7 Å². The maximum Gasteiger partial charge on any atom is 0.143 e. The predicted octanol–water partition coefficient (Wildman–Crippen LogP) is 18.0. The van der Waals surface area contributed by atoms with Crippen LogP contribution in [0.1, 0.15) is 46.1 Å². The van der Waals surface area contributed by atoms with Gasteiger partial charge in [-0.1, -0.05) is 170 Å². The van der Waals surface area contributed by atoms with Gasteiger partial charge in [0.05, 0.1) is 0 Å². The van der Waals surface area contributed by atoms with Crippen LogP contribution >= 0.6 is 0 Å². The van der Waals surface area contributed by atoms with E-state index < -0.39 is 0 Å². The standard InChI is InChI=1S/C64H38O4/c1-5-25-55-35(13-1)43-17-9-21-47(61(43)65-55)51-33-52(48-22-10-18-44-36-14-2-6-26-56(36)66-62(44)48)40-31-32-42-54(50-24-12-20-46-38-16-4-8-28-58(38)68-64(46)50)34-53(41-30-29-39(51)59(40)60(41)42)49-23-11-19-45-37-15-3-7-27-57(37)67-63(45)49/h1-33,41,53,60H,34H2. The van der Waals surface area contributed by atoms with Crippen molar-refractivity contribution >= 4 is 105 Å². The van der Waals surface area contributed by atoms with Crippen molar-refractivity contribution in [3.63, 3.8) is 0 Å². The normalized spacial score (nSPS) is 17.6. The molecule has 3 unspecified atom stereocenters. The summed E-state index contributed by atoms with van der Waals surface area (Å²) in [5.74, 6) is 0.202. The molecule has 3 aliphatic rings. The quantitative estimate of drug-likeness (QED) is 0.177. The van der Waals surface area contributed by atoms with Crippen molar-refractivity contribution in [2.75, 3.05) is 0 Å². The maximum atomic E-state index is 6.89. The molecule has 0 spiro atoms. The summed E-state index contributed by atoms with van der Waals surface area (Å²) in [6, 6.07) is 62.7. The molecule has 68 heavy (non-hydrogen) atoms. The van der Waals surface area contributed by atoms with E-state index in [0.717, 1.165) is 122 Å². The molecule has 0 saturated carbocycles. The molecule has 4 aromatic heterocycles. The van der Waals surface area contributed by atoms with E-state index in [9.17, 15) is 0 Å². The van der Waals surface area contributed by atoms with Gasteiger partial charge in [0, 0.05) is 65.7 Å². The topological polar surface area (TPSA) is 52.6 Å². The van der Waals surface area contributed by atoms with E-state index in [1.165, 1.54) is 33.4 Å². The van der Waals surface area contributed by atoms with E-state index >= 15 is 0 Å². The molecule has 4 heterocycles. The Morgan fingerprint density at radius 2 is 0.779 bits per heavy atom. The minimum absolute atomic E-state index is 0.00599. The third-order valence-corrected chi connectivity index (χ3v) is 15.6. The van der Waals surface area contributed by atoms with Gasteiger partial charge in [0.2, 0.25) is 0 Å². The van der Waals surface area contributed by atoms with Gasteiger partial charge in [-0.2, -0.15) is 0 Å². The molecule has 0 saturated heterocycles. The summed E-state index contributed by atoms with van der Waals surface area (Å²) in [6.45, 7) is 0. The zero-order valence-corrected chi connectivity index (χ0v) is 36.6. The van der Waals surface area contributed by atoms with Crippen LogP contribution in [0.15, 0.2) is 211 Å². The Bertz CT molecular complexity index is 4440. The van der Waals surface area contributed by atoms with Gasteiger partial charge >= 0.3 is 0 Å². The van der Waals surface area contributed by atoms with Gasteiger partial charge in [-0.25, -0.2) is 0 Å². The van der Waals surface area contributed by atoms with E-state index in [1.54, 1.807) is 0 Å². The van der Waals surface area contributed by atoms with Crippen molar-refractivity contribution in [1.29, 1.82) is 0 Å². The summed E-state index contributed by atoms with van der Waals surface area (Å²) in [4.78, 5) is 0. The largest absolute Gasteiger partial charge is 0.456 e. The van der Waals surface area contributed by atoms with Crippen LogP contribution in [0, 0.1) is 5.92 Å². The Labute approximate surface area is 389 Å². The van der Waals surface area contributed by atoms with E-state index in [-0.39, 0.29) is 17.8 Å². The van der Waals surface area contributed by atoms with Crippen molar-refractivity contribution in [2.24, 2.45) is 5.92 Å². The zero-order chi connectivity index (χ0) is 44.2. The highest BCUT2D eigenvalue weighted by Gasteiger charge is 2.45. The van der Waals surface area contributed by atoms with E-state index in [4.69, 9.17) is 17.7 Å². The number of para-hydroxylation sites is 8. The molecular weight excluding hydrogens is 833 g/mol. The molecule has 3 aliphatic carbocycles. The van der Waals surface area contributed by atoms with Crippen LogP contribution in [0.5, 0.6) is 0 Å². The number of rotatable bonds is 4. The molecule has 4 heteroatoms. The highest BCUT2D eigenvalue weighted by Crippen LogP contribution is 2.61. The van der Waals surface area contributed by atoms with Gasteiger partial charge in [-0.05, 0) is 93.1 Å². The van der Waals surface area contributed by atoms with Gasteiger partial charge < -0.3 is 17.7 Å². The Morgan fingerprint density at radius 3 is 1.32 bits per heavy atom. The second-order valence-electron chi connectivity index (χ2n) is 18.9. The Kier molecular flexibility index (Phi) is 7.26. The van der Waals surface area contributed by atoms with Crippen molar-refractivity contribution in [2.45, 2.75) is 18.3 Å². The van der Waals surface area contributed by atoms with Crippen molar-refractivity contribution in [3.05, 3.63) is 221 Å². The molecule has 4 nitrogen and oxygen atoms in total. The molecule has 0 radical (unpaired) electrons. The Hall–Kier alpha value is -8.60. The van der Waals surface area contributed by atoms with Gasteiger partial charge in [-0.3, -0.25) is 0 Å². The van der Waals surface area contributed by atoms with Crippen LogP contribution in [-0.4, -0.2) is 0 Å². The van der Waals surface area contributed by atoms with Crippen LogP contribution in [0.3, 0.4) is 0 Å². The predicted molar refractivity (Wildman–Crippen MR) is 278 cm³/mol. The maximum absolute atomic E-state index is 6.89. The summed E-state index contributed by atoms with van der Waals surface area (Å²) in [6.07, 6.45) is 10.6. The summed E-state index contributed by atoms with van der Waals surface area (Å²) < 4.78 is 27.5. The van der Waals surface area contributed by atoms with Crippen molar-refractivity contribution in [3.8, 4) is 22.3 Å². The molecule has 13 aromatic rings. The average Bonchev–Trinajstić information content (AvgIpc) is 4.18. The van der Waals surface area contributed by atoms with E-state index in [1.807, 2.05) is 0 Å². The van der Waals surface area contributed by atoms with Crippen LogP contribution in [0.4, 0.5) is 0 Å². The molecule has 0 aliphatic heterocycles. The molecular formula is C64H38O4. The molecule has 9 aromatic carbocycles. The first kappa shape index (κ1) is 36.6. The molecule has 0 N–H and O–H groups in total. The zero-order valence-electron chi connectivity index (χ0n) is 36.6. The third kappa shape index (κ3) is 4.88. The summed E-state index contributed by atoms with van der Waals surface area (Å²) >= 11 is 0. The van der Waals surface area contributed by atoms with Gasteiger partial charge in [0.1, 0.15) is 44.7 Å². The molecule has 318 valence electrons. The molecule has 16 rings (SSSR count). The van der Waals surface area contributed by atoms with Crippen LogP contribution in [0.2, 0.25) is 0 Å². The first-order chi connectivity index (χ1) is 33.7. The Balaban J connectivity index is 1.02. The summed E-state index contributed by atoms with van der Waals surface area (Å²) in [5.41, 5.74) is 20.5. The Morgan fingerprint density at radius 1 is 0.353 bits per heavy atom. The summed E-state index contributed by atoms with van der Waals surface area (Å²) in [5, 5.41) is 9.02. The van der Waals surface area contributed by atoms with Crippen molar-refractivity contribution in [1.82, 2.24) is 0 Å². The lowest BCUT2D eigenvalue weighted by Gasteiger charge is -2.45. The minimum atomic E-state index is 0.00599. The number of furan rings is 4. The fraction of sp³-hybridized carbons (Fsp3) is 0.0625. The second kappa shape index (κ2) is 13.5. The number of allylic oxidation sites excluding steroid dienone is 4. The van der Waals surface area contributed by atoms with Gasteiger partial charge in [0.25, 0.3) is 0 Å². The first-order valence-electron chi connectivity index (χ1n) is 23.7. The highest BCUT2D eigenvalue weighted by molar-refractivity contribution is 6.14. The fourth-order valence-corrected chi connectivity index (χ4v) is 12.7.